The topological polar surface area (TPSA) is 113 Å². The zero-order valence-corrected chi connectivity index (χ0v) is 17.5. The molecule has 8 heteroatoms. The van der Waals surface area contributed by atoms with Crippen LogP contribution < -0.4 is 11.2 Å². The van der Waals surface area contributed by atoms with E-state index in [-0.39, 0.29) is 19.4 Å². The van der Waals surface area contributed by atoms with Gasteiger partial charge in [0.1, 0.15) is 6.04 Å². The summed E-state index contributed by atoms with van der Waals surface area (Å²) in [6.45, 7) is 5.73. The molecule has 3 amide bonds. The Bertz CT molecular complexity index is 743. The maximum Gasteiger partial charge on any atom is 0.241 e. The Morgan fingerprint density at radius 2 is 2.14 bits per heavy atom. The largest absolute Gasteiger partial charge is 0.368 e. The lowest BCUT2D eigenvalue weighted by Gasteiger charge is -2.34. The van der Waals surface area contributed by atoms with Crippen molar-refractivity contribution in [2.24, 2.45) is 17.1 Å². The van der Waals surface area contributed by atoms with Crippen LogP contribution in [0.15, 0.2) is 43.0 Å². The van der Waals surface area contributed by atoms with Crippen LogP contribution in [0.5, 0.6) is 0 Å². The number of carbonyl (C=O) groups excluding carboxylic acids is 3. The van der Waals surface area contributed by atoms with Gasteiger partial charge in [0.05, 0.1) is 5.92 Å². The molecule has 0 bridgehead atoms. The molecule has 0 aromatic heterocycles. The van der Waals surface area contributed by atoms with Crippen LogP contribution >= 0.6 is 11.8 Å². The van der Waals surface area contributed by atoms with Crippen molar-refractivity contribution < 1.29 is 19.6 Å². The average Bonchev–Trinajstić information content (AvgIpc) is 2.99. The number of nitrogens with two attached hydrogens (primary N) is 1. The molecule has 1 fully saturated rings. The molecule has 0 spiro atoms. The number of hydrogen-bond acceptors (Lipinski definition) is 6. The molecule has 158 valence electrons. The lowest BCUT2D eigenvalue weighted by atomic mass is 9.74. The van der Waals surface area contributed by atoms with E-state index in [4.69, 9.17) is 5.73 Å². The fraction of sp³-hybridized carbons (Fsp3) is 0.476. The van der Waals surface area contributed by atoms with Crippen molar-refractivity contribution in [2.75, 3.05) is 18.1 Å². The van der Waals surface area contributed by atoms with Gasteiger partial charge in [-0.2, -0.15) is 11.8 Å². The molecule has 1 unspecified atom stereocenters. The summed E-state index contributed by atoms with van der Waals surface area (Å²) < 4.78 is 0. The molecule has 1 saturated heterocycles. The fourth-order valence-corrected chi connectivity index (χ4v) is 4.66. The lowest BCUT2D eigenvalue weighted by molar-refractivity contribution is -0.147. The molecule has 0 aliphatic carbocycles. The Kier molecular flexibility index (Phi) is 8.43. The van der Waals surface area contributed by atoms with Gasteiger partial charge in [0.25, 0.3) is 0 Å². The first-order chi connectivity index (χ1) is 13.8. The molecule has 0 saturated carbocycles. The minimum atomic E-state index is -1.02. The summed E-state index contributed by atoms with van der Waals surface area (Å²) in [5.74, 6) is -0.598. The molecule has 29 heavy (non-hydrogen) atoms. The highest BCUT2D eigenvalue weighted by atomic mass is 32.2. The zero-order valence-electron chi connectivity index (χ0n) is 16.7. The van der Waals surface area contributed by atoms with Gasteiger partial charge in [0.2, 0.25) is 17.7 Å². The van der Waals surface area contributed by atoms with Crippen molar-refractivity contribution in [3.8, 4) is 0 Å². The third-order valence-corrected chi connectivity index (χ3v) is 6.44. The number of imide groups is 1. The van der Waals surface area contributed by atoms with Gasteiger partial charge < -0.3 is 10.9 Å². The molecule has 1 aromatic rings. The van der Waals surface area contributed by atoms with Crippen LogP contribution in [0.25, 0.3) is 0 Å². The third-order valence-electron chi connectivity index (χ3n) is 5.47. The van der Waals surface area contributed by atoms with E-state index in [1.165, 1.54) is 0 Å². The van der Waals surface area contributed by atoms with Crippen LogP contribution in [0.2, 0.25) is 0 Å². The summed E-state index contributed by atoms with van der Waals surface area (Å²) in [4.78, 5) is 39.1. The van der Waals surface area contributed by atoms with Crippen molar-refractivity contribution in [2.45, 2.75) is 32.2 Å². The highest BCUT2D eigenvalue weighted by Crippen LogP contribution is 2.40. The maximum absolute atomic E-state index is 13.2. The molecule has 1 aliphatic heterocycles. The van der Waals surface area contributed by atoms with Gasteiger partial charge in [-0.25, -0.2) is 5.48 Å². The second-order valence-corrected chi connectivity index (χ2v) is 8.72. The molecule has 1 aliphatic rings. The Balaban J connectivity index is 2.22. The predicted octanol–water partition coefficient (Wildman–Crippen LogP) is 1.75. The first-order valence-electron chi connectivity index (χ1n) is 9.58. The van der Waals surface area contributed by atoms with E-state index in [1.807, 2.05) is 37.3 Å². The number of carbonyl (C=O) groups is 3. The zero-order chi connectivity index (χ0) is 21.4. The summed E-state index contributed by atoms with van der Waals surface area (Å²) >= 11 is 1.67. The second kappa shape index (κ2) is 10.6. The number of primary amides is 1. The molecule has 4 N–H and O–H groups in total. The Hall–Kier alpha value is -2.16. The fourth-order valence-electron chi connectivity index (χ4n) is 3.72. The van der Waals surface area contributed by atoms with Gasteiger partial charge in [-0.1, -0.05) is 43.3 Å². The monoisotopic (exact) mass is 419 g/mol. The quantitative estimate of drug-likeness (QED) is 0.206. The van der Waals surface area contributed by atoms with Crippen LogP contribution in [0, 0.1) is 11.3 Å². The summed E-state index contributed by atoms with van der Waals surface area (Å²) in [6.07, 6.45) is 2.61. The van der Waals surface area contributed by atoms with Gasteiger partial charge in [-0.3, -0.25) is 19.3 Å². The summed E-state index contributed by atoms with van der Waals surface area (Å²) in [5, 5.41) is 9.32. The minimum absolute atomic E-state index is 0.00169. The molecule has 3 atom stereocenters. The highest BCUT2D eigenvalue weighted by Gasteiger charge is 2.51. The van der Waals surface area contributed by atoms with Crippen LogP contribution in [-0.4, -0.2) is 51.9 Å². The number of hydroxylamine groups is 1. The van der Waals surface area contributed by atoms with E-state index in [2.05, 4.69) is 12.1 Å². The molecular weight excluding hydrogens is 390 g/mol. The Labute approximate surface area is 175 Å². The highest BCUT2D eigenvalue weighted by molar-refractivity contribution is 7.99. The Morgan fingerprint density at radius 1 is 1.45 bits per heavy atom. The van der Waals surface area contributed by atoms with E-state index >= 15 is 0 Å². The van der Waals surface area contributed by atoms with Crippen LogP contribution in [0.1, 0.15) is 25.3 Å². The first kappa shape index (κ1) is 23.1. The van der Waals surface area contributed by atoms with Gasteiger partial charge in [-0.15, -0.1) is 6.58 Å². The normalized spacial score (nSPS) is 19.8. The number of benzene rings is 1. The van der Waals surface area contributed by atoms with Gasteiger partial charge >= 0.3 is 0 Å². The summed E-state index contributed by atoms with van der Waals surface area (Å²) in [7, 11) is 0. The van der Waals surface area contributed by atoms with Crippen LogP contribution in [0.3, 0.4) is 0 Å². The third kappa shape index (κ3) is 5.68. The van der Waals surface area contributed by atoms with Crippen molar-refractivity contribution in [3.05, 3.63) is 48.6 Å². The first-order valence-corrected chi connectivity index (χ1v) is 10.7. The minimum Gasteiger partial charge on any atom is -0.368 e. The van der Waals surface area contributed by atoms with Crippen molar-refractivity contribution in [1.29, 1.82) is 0 Å². The molecule has 2 rings (SSSR count). The van der Waals surface area contributed by atoms with Gasteiger partial charge in [-0.05, 0) is 23.2 Å². The number of nitrogens with one attached hydrogen (secondary N) is 1. The molecule has 0 radical (unpaired) electrons. The van der Waals surface area contributed by atoms with E-state index < -0.39 is 35.1 Å². The average molecular weight is 420 g/mol. The van der Waals surface area contributed by atoms with Crippen molar-refractivity contribution in [3.63, 3.8) is 0 Å². The number of nitrogens with zero attached hydrogens (tertiary/aromatic N) is 1. The van der Waals surface area contributed by atoms with Crippen LogP contribution in [0.4, 0.5) is 0 Å². The van der Waals surface area contributed by atoms with Gasteiger partial charge in [0.15, 0.2) is 0 Å². The van der Waals surface area contributed by atoms with E-state index in [0.717, 1.165) is 22.0 Å². The van der Waals surface area contributed by atoms with Crippen LogP contribution in [-0.2, 0) is 20.8 Å². The summed E-state index contributed by atoms with van der Waals surface area (Å²) in [5.41, 5.74) is 7.91. The predicted molar refractivity (Wildman–Crippen MR) is 113 cm³/mol. The SMILES string of the molecule is C=CCSCC[C@@](C)(CNO)C1CC(=O)N([C@@H](Cc2ccccc2)C(N)=O)C1=O. The van der Waals surface area contributed by atoms with Crippen molar-refractivity contribution >= 4 is 29.5 Å². The standard InChI is InChI=1S/C21H29N3O4S/c1-3-10-29-11-9-21(2,14-23-28)16-13-18(25)24(20(16)27)17(19(22)26)12-15-7-5-4-6-8-15/h3-8,16-17,23,28H,1,9-14H2,2H3,(H2,22,26)/t16?,17-,21-/m0/s1. The number of thioether (sulfide) groups is 1. The maximum atomic E-state index is 13.2. The van der Waals surface area contributed by atoms with E-state index in [0.29, 0.717) is 6.42 Å². The van der Waals surface area contributed by atoms with Gasteiger partial charge in [0, 0.05) is 25.1 Å². The second-order valence-electron chi connectivity index (χ2n) is 7.57. The molecule has 1 heterocycles. The molecular formula is C21H29N3O4S. The molecule has 1 aromatic carbocycles. The number of likely N-dealkylation sites (tertiary alicyclic amines) is 1. The van der Waals surface area contributed by atoms with E-state index in [9.17, 15) is 19.6 Å². The lowest BCUT2D eigenvalue weighted by Crippen LogP contribution is -2.50. The van der Waals surface area contributed by atoms with E-state index in [1.54, 1.807) is 17.8 Å². The smallest absolute Gasteiger partial charge is 0.241 e. The number of hydrogen-bond donors (Lipinski definition) is 3. The number of rotatable bonds is 12. The Morgan fingerprint density at radius 3 is 2.72 bits per heavy atom. The summed E-state index contributed by atoms with van der Waals surface area (Å²) in [6, 6.07) is 8.14. The van der Waals surface area contributed by atoms with Crippen molar-refractivity contribution in [1.82, 2.24) is 10.4 Å². The number of amides is 3. The molecule has 7 nitrogen and oxygen atoms in total.